The topological polar surface area (TPSA) is 65.4 Å². The summed E-state index contributed by atoms with van der Waals surface area (Å²) < 4.78 is 30.0. The van der Waals surface area contributed by atoms with E-state index in [-0.39, 0.29) is 11.4 Å². The van der Waals surface area contributed by atoms with Gasteiger partial charge in [0, 0.05) is 6.20 Å². The van der Waals surface area contributed by atoms with Gasteiger partial charge in [0.05, 0.1) is 12.9 Å². The van der Waals surface area contributed by atoms with E-state index in [0.29, 0.717) is 5.56 Å². The van der Waals surface area contributed by atoms with Gasteiger partial charge in [-0.3, -0.25) is 0 Å². The van der Waals surface area contributed by atoms with Crippen molar-refractivity contribution in [1.29, 1.82) is 0 Å². The van der Waals surface area contributed by atoms with E-state index < -0.39 is 16.0 Å². The van der Waals surface area contributed by atoms with Crippen LogP contribution in [0.4, 0.5) is 0 Å². The van der Waals surface area contributed by atoms with Crippen LogP contribution in [0.3, 0.4) is 0 Å². The summed E-state index contributed by atoms with van der Waals surface area (Å²) in [5, 5.41) is 0. The van der Waals surface area contributed by atoms with E-state index in [2.05, 4.69) is 4.74 Å². The molecule has 2 aromatic rings. The highest BCUT2D eigenvalue weighted by Gasteiger charge is 2.21. The van der Waals surface area contributed by atoms with Gasteiger partial charge in [-0.05, 0) is 17.7 Å². The molecule has 0 aliphatic rings. The Labute approximate surface area is 111 Å². The molecule has 0 N–H and O–H groups in total. The molecule has 0 spiro atoms. The maximum absolute atomic E-state index is 12.3. The fourth-order valence-electron chi connectivity index (χ4n) is 1.73. The van der Waals surface area contributed by atoms with Gasteiger partial charge in [0.2, 0.25) is 10.0 Å². The molecule has 6 heteroatoms. The summed E-state index contributed by atoms with van der Waals surface area (Å²) in [5.41, 5.74) is 0.658. The second-order valence-corrected chi connectivity index (χ2v) is 5.77. The van der Waals surface area contributed by atoms with Gasteiger partial charge in [0.1, 0.15) is 5.69 Å². The molecule has 0 saturated heterocycles. The van der Waals surface area contributed by atoms with E-state index in [1.807, 2.05) is 6.07 Å². The molecule has 0 aliphatic heterocycles. The molecular weight excluding hydrogens is 266 g/mol. The van der Waals surface area contributed by atoms with Crippen molar-refractivity contribution in [3.05, 3.63) is 59.9 Å². The zero-order chi connectivity index (χ0) is 13.9. The highest BCUT2D eigenvalue weighted by Crippen LogP contribution is 2.13. The second kappa shape index (κ2) is 5.27. The van der Waals surface area contributed by atoms with E-state index in [4.69, 9.17) is 0 Å². The van der Waals surface area contributed by atoms with Crippen LogP contribution in [0, 0.1) is 0 Å². The molecule has 0 bridgehead atoms. The first-order chi connectivity index (χ1) is 9.04. The number of ether oxygens (including phenoxy) is 1. The minimum Gasteiger partial charge on any atom is -0.464 e. The fraction of sp³-hybridized carbons (Fsp3) is 0.154. The lowest BCUT2D eigenvalue weighted by molar-refractivity contribution is 0.0593. The molecule has 0 amide bonds. The Bertz CT molecular complexity index is 674. The van der Waals surface area contributed by atoms with Crippen LogP contribution in [0.2, 0.25) is 0 Å². The quantitative estimate of drug-likeness (QED) is 0.798. The molecule has 0 saturated carbocycles. The highest BCUT2D eigenvalue weighted by atomic mass is 32.2. The Hall–Kier alpha value is -2.08. The molecule has 2 rings (SSSR count). The smallest absolute Gasteiger partial charge is 0.355 e. The van der Waals surface area contributed by atoms with Gasteiger partial charge >= 0.3 is 5.97 Å². The maximum atomic E-state index is 12.3. The largest absolute Gasteiger partial charge is 0.464 e. The van der Waals surface area contributed by atoms with Crippen LogP contribution in [0.25, 0.3) is 0 Å². The first-order valence-electron chi connectivity index (χ1n) is 5.57. The van der Waals surface area contributed by atoms with E-state index in [1.165, 1.54) is 25.4 Å². The summed E-state index contributed by atoms with van der Waals surface area (Å²) in [7, 11) is -2.43. The summed E-state index contributed by atoms with van der Waals surface area (Å²) in [5.74, 6) is -0.853. The third-order valence-electron chi connectivity index (χ3n) is 2.60. The van der Waals surface area contributed by atoms with Crippen LogP contribution in [-0.4, -0.2) is 25.5 Å². The lowest BCUT2D eigenvalue weighted by Gasteiger charge is -2.09. The zero-order valence-corrected chi connectivity index (χ0v) is 11.1. The van der Waals surface area contributed by atoms with Gasteiger partial charge in [0.15, 0.2) is 0 Å². The average Bonchev–Trinajstić information content (AvgIpc) is 2.88. The van der Waals surface area contributed by atoms with E-state index in [9.17, 15) is 13.2 Å². The van der Waals surface area contributed by atoms with Crippen LogP contribution in [-0.2, 0) is 20.5 Å². The minimum absolute atomic E-state index is 0.00145. The first kappa shape index (κ1) is 13.4. The third kappa shape index (κ3) is 2.85. The molecule has 0 aliphatic carbocycles. The number of hydrogen-bond acceptors (Lipinski definition) is 4. The lowest BCUT2D eigenvalue weighted by atomic mass is 10.2. The molecule has 19 heavy (non-hydrogen) atoms. The molecular formula is C13H13NO4S. The Morgan fingerprint density at radius 2 is 1.84 bits per heavy atom. The fourth-order valence-corrected chi connectivity index (χ4v) is 3.17. The number of esters is 1. The number of nitrogens with zero attached hydrogens (tertiary/aromatic N) is 1. The molecule has 5 nitrogen and oxygen atoms in total. The van der Waals surface area contributed by atoms with Gasteiger partial charge in [0.25, 0.3) is 0 Å². The number of hydrogen-bond donors (Lipinski definition) is 0. The zero-order valence-electron chi connectivity index (χ0n) is 10.3. The first-order valence-corrected chi connectivity index (χ1v) is 7.18. The van der Waals surface area contributed by atoms with Crippen molar-refractivity contribution in [3.63, 3.8) is 0 Å². The third-order valence-corrected chi connectivity index (χ3v) is 4.22. The van der Waals surface area contributed by atoms with Crippen LogP contribution in [0.15, 0.2) is 48.7 Å². The minimum atomic E-state index is -3.64. The van der Waals surface area contributed by atoms with Crippen LogP contribution in [0.1, 0.15) is 16.1 Å². The van der Waals surface area contributed by atoms with E-state index >= 15 is 0 Å². The predicted octanol–water partition coefficient (Wildman–Crippen LogP) is 1.65. The number of methoxy groups -OCH3 is 1. The summed E-state index contributed by atoms with van der Waals surface area (Å²) in [6, 6.07) is 11.7. The summed E-state index contributed by atoms with van der Waals surface area (Å²) in [6.07, 6.45) is 1.34. The van der Waals surface area contributed by atoms with Crippen molar-refractivity contribution in [2.24, 2.45) is 0 Å². The summed E-state index contributed by atoms with van der Waals surface area (Å²) in [6.45, 7) is 0. The van der Waals surface area contributed by atoms with Gasteiger partial charge in [-0.15, -0.1) is 0 Å². The van der Waals surface area contributed by atoms with Gasteiger partial charge in [-0.25, -0.2) is 17.2 Å². The van der Waals surface area contributed by atoms with Crippen LogP contribution in [0.5, 0.6) is 0 Å². The number of rotatable bonds is 4. The summed E-state index contributed by atoms with van der Waals surface area (Å²) in [4.78, 5) is 11.5. The molecule has 0 fully saturated rings. The van der Waals surface area contributed by atoms with Gasteiger partial charge in [-0.2, -0.15) is 0 Å². The number of carbonyl (C=O) groups is 1. The highest BCUT2D eigenvalue weighted by molar-refractivity contribution is 7.89. The predicted molar refractivity (Wildman–Crippen MR) is 70.2 cm³/mol. The Morgan fingerprint density at radius 3 is 2.47 bits per heavy atom. The van der Waals surface area contributed by atoms with Gasteiger partial charge < -0.3 is 4.74 Å². The standard InChI is InChI=1S/C13H13NO4S/c1-18-13(15)12-8-5-9-14(12)19(16,17)10-11-6-3-2-4-7-11/h2-9H,10H2,1H3. The van der Waals surface area contributed by atoms with Crippen LogP contribution < -0.4 is 0 Å². The molecule has 0 atom stereocenters. The van der Waals surface area contributed by atoms with Crippen molar-refractivity contribution < 1.29 is 17.9 Å². The monoisotopic (exact) mass is 279 g/mol. The average molecular weight is 279 g/mol. The SMILES string of the molecule is COC(=O)c1cccn1S(=O)(=O)Cc1ccccc1. The Balaban J connectivity index is 2.36. The Morgan fingerprint density at radius 1 is 1.16 bits per heavy atom. The molecule has 0 unspecified atom stereocenters. The van der Waals surface area contributed by atoms with E-state index in [1.54, 1.807) is 24.3 Å². The normalized spacial score (nSPS) is 11.2. The van der Waals surface area contributed by atoms with Crippen molar-refractivity contribution >= 4 is 16.0 Å². The second-order valence-electron chi connectivity index (χ2n) is 3.92. The summed E-state index contributed by atoms with van der Waals surface area (Å²) >= 11 is 0. The molecule has 1 heterocycles. The van der Waals surface area contributed by atoms with Crippen molar-refractivity contribution in [2.45, 2.75) is 5.75 Å². The molecule has 1 aromatic heterocycles. The van der Waals surface area contributed by atoms with Crippen molar-refractivity contribution in [2.75, 3.05) is 7.11 Å². The molecule has 100 valence electrons. The maximum Gasteiger partial charge on any atom is 0.355 e. The number of aromatic nitrogens is 1. The number of carbonyl (C=O) groups excluding carboxylic acids is 1. The van der Waals surface area contributed by atoms with Crippen molar-refractivity contribution in [1.82, 2.24) is 3.97 Å². The number of benzene rings is 1. The molecule has 0 radical (unpaired) electrons. The Kier molecular flexibility index (Phi) is 3.71. The van der Waals surface area contributed by atoms with Crippen LogP contribution >= 0.6 is 0 Å². The van der Waals surface area contributed by atoms with Crippen molar-refractivity contribution in [3.8, 4) is 0 Å². The van der Waals surface area contributed by atoms with Gasteiger partial charge in [-0.1, -0.05) is 30.3 Å². The molecule has 1 aromatic carbocycles. The van der Waals surface area contributed by atoms with E-state index in [0.717, 1.165) is 3.97 Å². The lowest BCUT2D eigenvalue weighted by Crippen LogP contribution is -2.19.